The lowest BCUT2D eigenvalue weighted by Gasteiger charge is -2.11. The van der Waals surface area contributed by atoms with Gasteiger partial charge < -0.3 is 15.2 Å². The summed E-state index contributed by atoms with van der Waals surface area (Å²) in [6.07, 6.45) is 0. The molecule has 0 unspecified atom stereocenters. The summed E-state index contributed by atoms with van der Waals surface area (Å²) >= 11 is 1.65. The van der Waals surface area contributed by atoms with Gasteiger partial charge in [-0.1, -0.05) is 47.3 Å². The van der Waals surface area contributed by atoms with Gasteiger partial charge in [0.2, 0.25) is 5.91 Å². The molecule has 1 amide bonds. The van der Waals surface area contributed by atoms with Crippen molar-refractivity contribution in [2.75, 3.05) is 17.2 Å². The molecule has 0 aliphatic heterocycles. The van der Waals surface area contributed by atoms with Crippen molar-refractivity contribution in [2.24, 2.45) is 0 Å². The number of para-hydroxylation sites is 1. The number of aryl methyl sites for hydroxylation is 1. The summed E-state index contributed by atoms with van der Waals surface area (Å²) in [4.78, 5) is 14.2. The average Bonchev–Trinajstić information content (AvgIpc) is 3.00. The Labute approximate surface area is 144 Å². The van der Waals surface area contributed by atoms with Crippen LogP contribution in [0.15, 0.2) is 75.0 Å². The molecule has 24 heavy (non-hydrogen) atoms. The van der Waals surface area contributed by atoms with E-state index in [1.54, 1.807) is 24.8 Å². The topological polar surface area (TPSA) is 67.2 Å². The van der Waals surface area contributed by atoms with Crippen LogP contribution in [0.25, 0.3) is 0 Å². The Morgan fingerprint density at radius 3 is 2.62 bits per heavy atom. The number of rotatable bonds is 6. The molecule has 0 saturated carbocycles. The third-order valence-corrected chi connectivity index (χ3v) is 4.28. The van der Waals surface area contributed by atoms with E-state index in [-0.39, 0.29) is 12.5 Å². The molecule has 2 N–H and O–H groups in total. The van der Waals surface area contributed by atoms with Crippen LogP contribution in [0, 0.1) is 6.92 Å². The Kier molecular flexibility index (Phi) is 5.18. The molecule has 0 atom stereocenters. The highest BCUT2D eigenvalue weighted by Crippen LogP contribution is 2.32. The second-order valence-corrected chi connectivity index (χ2v) is 6.25. The molecule has 0 radical (unpaired) electrons. The maximum absolute atomic E-state index is 12.0. The molecule has 3 aromatic rings. The van der Waals surface area contributed by atoms with E-state index in [1.165, 1.54) is 0 Å². The van der Waals surface area contributed by atoms with E-state index in [2.05, 4.69) is 27.9 Å². The Morgan fingerprint density at radius 2 is 1.88 bits per heavy atom. The second kappa shape index (κ2) is 7.70. The van der Waals surface area contributed by atoms with Gasteiger partial charge in [-0.3, -0.25) is 4.79 Å². The molecule has 0 aliphatic rings. The van der Waals surface area contributed by atoms with Crippen LogP contribution in [0.4, 0.5) is 11.5 Å². The highest BCUT2D eigenvalue weighted by molar-refractivity contribution is 7.99. The summed E-state index contributed by atoms with van der Waals surface area (Å²) in [6, 6.07) is 19.7. The van der Waals surface area contributed by atoms with Gasteiger partial charge >= 0.3 is 0 Å². The number of hydrogen-bond acceptors (Lipinski definition) is 5. The first-order valence-electron chi connectivity index (χ1n) is 7.50. The fourth-order valence-electron chi connectivity index (χ4n) is 2.11. The minimum absolute atomic E-state index is 0.151. The predicted octanol–water partition coefficient (Wildman–Crippen LogP) is 4.18. The van der Waals surface area contributed by atoms with Crippen molar-refractivity contribution in [3.8, 4) is 0 Å². The van der Waals surface area contributed by atoms with Crippen LogP contribution in [0.3, 0.4) is 0 Å². The molecule has 1 heterocycles. The van der Waals surface area contributed by atoms with Gasteiger partial charge in [0.1, 0.15) is 5.76 Å². The van der Waals surface area contributed by atoms with Crippen molar-refractivity contribution >= 4 is 29.2 Å². The van der Waals surface area contributed by atoms with Crippen LogP contribution in [0.2, 0.25) is 0 Å². The zero-order valence-corrected chi connectivity index (χ0v) is 14.0. The van der Waals surface area contributed by atoms with Crippen molar-refractivity contribution in [1.82, 2.24) is 5.16 Å². The van der Waals surface area contributed by atoms with Gasteiger partial charge in [0, 0.05) is 21.5 Å². The predicted molar refractivity (Wildman–Crippen MR) is 95.4 cm³/mol. The molecule has 122 valence electrons. The van der Waals surface area contributed by atoms with Gasteiger partial charge in [0.05, 0.1) is 6.54 Å². The summed E-state index contributed by atoms with van der Waals surface area (Å²) in [5, 5.41) is 9.60. The largest absolute Gasteiger partial charge is 0.375 e. The lowest BCUT2D eigenvalue weighted by molar-refractivity contribution is -0.114. The minimum Gasteiger partial charge on any atom is -0.375 e. The smallest absolute Gasteiger partial charge is 0.244 e. The number of carbonyl (C=O) groups is 1. The quantitative estimate of drug-likeness (QED) is 0.705. The van der Waals surface area contributed by atoms with Crippen molar-refractivity contribution in [1.29, 1.82) is 0 Å². The maximum atomic E-state index is 12.0. The zero-order valence-electron chi connectivity index (χ0n) is 13.2. The van der Waals surface area contributed by atoms with Gasteiger partial charge in [-0.2, -0.15) is 0 Å². The van der Waals surface area contributed by atoms with Crippen LogP contribution < -0.4 is 10.6 Å². The summed E-state index contributed by atoms with van der Waals surface area (Å²) in [7, 11) is 0. The summed E-state index contributed by atoms with van der Waals surface area (Å²) < 4.78 is 4.93. The van der Waals surface area contributed by atoms with Crippen LogP contribution in [0.1, 0.15) is 5.76 Å². The molecule has 0 aliphatic carbocycles. The van der Waals surface area contributed by atoms with Crippen LogP contribution in [0.5, 0.6) is 0 Å². The van der Waals surface area contributed by atoms with Crippen molar-refractivity contribution in [2.45, 2.75) is 16.7 Å². The Hall–Kier alpha value is -2.73. The summed E-state index contributed by atoms with van der Waals surface area (Å²) in [5.74, 6) is 0.900. The first-order valence-corrected chi connectivity index (χ1v) is 8.31. The number of hydrogen-bond donors (Lipinski definition) is 2. The second-order valence-electron chi connectivity index (χ2n) is 5.14. The Morgan fingerprint density at radius 1 is 1.12 bits per heavy atom. The van der Waals surface area contributed by atoms with Gasteiger partial charge in [-0.25, -0.2) is 0 Å². The van der Waals surface area contributed by atoms with Gasteiger partial charge in [-0.15, -0.1) is 0 Å². The fourth-order valence-corrected chi connectivity index (χ4v) is 3.05. The number of nitrogens with zero attached hydrogens (tertiary/aromatic N) is 1. The molecule has 1 aromatic heterocycles. The van der Waals surface area contributed by atoms with Crippen LogP contribution in [-0.4, -0.2) is 17.6 Å². The van der Waals surface area contributed by atoms with Gasteiger partial charge in [0.15, 0.2) is 5.82 Å². The molecular formula is C18H17N3O2S. The number of amides is 1. The SMILES string of the molecule is Cc1cc(NC(=O)CNc2ccccc2Sc2ccccc2)no1. The van der Waals surface area contributed by atoms with E-state index >= 15 is 0 Å². The monoisotopic (exact) mass is 339 g/mol. The number of benzene rings is 2. The first kappa shape index (κ1) is 16.1. The van der Waals surface area contributed by atoms with Gasteiger partial charge in [-0.05, 0) is 31.2 Å². The molecule has 0 fully saturated rings. The van der Waals surface area contributed by atoms with E-state index in [0.29, 0.717) is 11.6 Å². The lowest BCUT2D eigenvalue weighted by Crippen LogP contribution is -2.22. The van der Waals surface area contributed by atoms with Crippen molar-refractivity contribution < 1.29 is 9.32 Å². The number of anilines is 2. The molecular weight excluding hydrogens is 322 g/mol. The molecule has 2 aromatic carbocycles. The molecule has 5 nitrogen and oxygen atoms in total. The van der Waals surface area contributed by atoms with E-state index < -0.39 is 0 Å². The van der Waals surface area contributed by atoms with Crippen LogP contribution >= 0.6 is 11.8 Å². The lowest BCUT2D eigenvalue weighted by atomic mass is 10.3. The summed E-state index contributed by atoms with van der Waals surface area (Å²) in [5.41, 5.74) is 0.915. The third kappa shape index (κ3) is 4.39. The van der Waals surface area contributed by atoms with Crippen molar-refractivity contribution in [3.63, 3.8) is 0 Å². The highest BCUT2D eigenvalue weighted by atomic mass is 32.2. The van der Waals surface area contributed by atoms with E-state index in [1.807, 2.05) is 42.5 Å². The molecule has 3 rings (SSSR count). The maximum Gasteiger partial charge on any atom is 0.244 e. The Balaban J connectivity index is 1.61. The number of carbonyl (C=O) groups excluding carboxylic acids is 1. The standard InChI is InChI=1S/C18H17N3O2S/c1-13-11-17(21-23-13)20-18(22)12-19-15-9-5-6-10-16(15)24-14-7-3-2-4-8-14/h2-11,19H,12H2,1H3,(H,20,21,22). The molecule has 0 bridgehead atoms. The van der Waals surface area contributed by atoms with E-state index in [4.69, 9.17) is 4.52 Å². The van der Waals surface area contributed by atoms with Gasteiger partial charge in [0.25, 0.3) is 0 Å². The zero-order chi connectivity index (χ0) is 16.8. The molecule has 0 spiro atoms. The highest BCUT2D eigenvalue weighted by Gasteiger charge is 2.08. The number of aromatic nitrogens is 1. The number of nitrogens with one attached hydrogen (secondary N) is 2. The molecule has 6 heteroatoms. The minimum atomic E-state index is -0.178. The van der Waals surface area contributed by atoms with Crippen molar-refractivity contribution in [3.05, 3.63) is 66.4 Å². The first-order chi connectivity index (χ1) is 11.7. The fraction of sp³-hybridized carbons (Fsp3) is 0.111. The summed E-state index contributed by atoms with van der Waals surface area (Å²) in [6.45, 7) is 1.93. The normalized spacial score (nSPS) is 10.4. The van der Waals surface area contributed by atoms with Crippen LogP contribution in [-0.2, 0) is 4.79 Å². The Bertz CT molecular complexity index is 818. The average molecular weight is 339 g/mol. The van der Waals surface area contributed by atoms with E-state index in [0.717, 1.165) is 15.5 Å². The van der Waals surface area contributed by atoms with E-state index in [9.17, 15) is 4.79 Å². The third-order valence-electron chi connectivity index (χ3n) is 3.19. The molecule has 0 saturated heterocycles.